The summed E-state index contributed by atoms with van der Waals surface area (Å²) in [5.41, 5.74) is 4.42. The van der Waals surface area contributed by atoms with E-state index < -0.39 is 0 Å². The Morgan fingerprint density at radius 2 is 1.79 bits per heavy atom. The molecule has 24 heavy (non-hydrogen) atoms. The van der Waals surface area contributed by atoms with Crippen molar-refractivity contribution in [2.24, 2.45) is 0 Å². The Hall–Kier alpha value is -2.88. The van der Waals surface area contributed by atoms with Crippen molar-refractivity contribution in [3.05, 3.63) is 77.6 Å². The lowest BCUT2D eigenvalue weighted by atomic mass is 10.1. The molecule has 122 valence electrons. The van der Waals surface area contributed by atoms with Gasteiger partial charge in [-0.05, 0) is 43.2 Å². The Morgan fingerprint density at radius 1 is 1.08 bits per heavy atom. The van der Waals surface area contributed by atoms with Gasteiger partial charge in [-0.25, -0.2) is 4.68 Å². The van der Waals surface area contributed by atoms with Crippen LogP contribution >= 0.6 is 0 Å². The second-order valence-corrected chi connectivity index (χ2v) is 5.79. The standard InChI is InChI=1S/C20H21N3O/c1-3-7-16-10-12-17(13-11-16)22-20(24)19-14-21-23(15(19)2)18-8-5-4-6-9-18/h4-6,8-14H,3,7H2,1-2H3,(H,22,24). The van der Waals surface area contributed by atoms with Gasteiger partial charge in [0.15, 0.2) is 0 Å². The molecular weight excluding hydrogens is 298 g/mol. The third-order valence-corrected chi connectivity index (χ3v) is 4.01. The molecule has 4 heteroatoms. The van der Waals surface area contributed by atoms with Crippen molar-refractivity contribution in [2.75, 3.05) is 5.32 Å². The van der Waals surface area contributed by atoms with E-state index in [2.05, 4.69) is 29.5 Å². The summed E-state index contributed by atoms with van der Waals surface area (Å²) in [7, 11) is 0. The molecule has 0 atom stereocenters. The summed E-state index contributed by atoms with van der Waals surface area (Å²) in [6.07, 6.45) is 3.78. The largest absolute Gasteiger partial charge is 0.322 e. The summed E-state index contributed by atoms with van der Waals surface area (Å²) in [6.45, 7) is 4.06. The first-order valence-corrected chi connectivity index (χ1v) is 8.19. The van der Waals surface area contributed by atoms with Gasteiger partial charge in [0.05, 0.1) is 23.1 Å². The van der Waals surface area contributed by atoms with Gasteiger partial charge in [0.25, 0.3) is 5.91 Å². The Bertz CT molecular complexity index is 820. The quantitative estimate of drug-likeness (QED) is 0.758. The lowest BCUT2D eigenvalue weighted by molar-refractivity contribution is 0.102. The minimum absolute atomic E-state index is 0.141. The van der Waals surface area contributed by atoms with Crippen LogP contribution in [0.4, 0.5) is 5.69 Å². The summed E-state index contributed by atoms with van der Waals surface area (Å²) in [5.74, 6) is -0.141. The second-order valence-electron chi connectivity index (χ2n) is 5.79. The van der Waals surface area contributed by atoms with Crippen LogP contribution in [-0.2, 0) is 6.42 Å². The van der Waals surface area contributed by atoms with E-state index in [1.807, 2.05) is 49.4 Å². The number of nitrogens with one attached hydrogen (secondary N) is 1. The summed E-state index contributed by atoms with van der Waals surface area (Å²) in [4.78, 5) is 12.5. The van der Waals surface area contributed by atoms with E-state index in [1.54, 1.807) is 10.9 Å². The zero-order chi connectivity index (χ0) is 16.9. The summed E-state index contributed by atoms with van der Waals surface area (Å²) < 4.78 is 1.78. The molecule has 4 nitrogen and oxygen atoms in total. The molecule has 1 heterocycles. The Labute approximate surface area is 142 Å². The fourth-order valence-corrected chi connectivity index (χ4v) is 2.70. The van der Waals surface area contributed by atoms with E-state index >= 15 is 0 Å². The first-order chi connectivity index (χ1) is 11.7. The number of aromatic nitrogens is 2. The van der Waals surface area contributed by atoms with Gasteiger partial charge in [0.2, 0.25) is 0 Å². The van der Waals surface area contributed by atoms with Gasteiger partial charge in [-0.3, -0.25) is 4.79 Å². The predicted molar refractivity (Wildman–Crippen MR) is 96.7 cm³/mol. The highest BCUT2D eigenvalue weighted by Gasteiger charge is 2.15. The van der Waals surface area contributed by atoms with Crippen LogP contribution in [0.1, 0.15) is 35.0 Å². The first kappa shape index (κ1) is 16.0. The number of carbonyl (C=O) groups excluding carboxylic acids is 1. The molecular formula is C20H21N3O. The van der Waals surface area contributed by atoms with Crippen molar-refractivity contribution in [3.8, 4) is 5.69 Å². The van der Waals surface area contributed by atoms with Crippen molar-refractivity contribution in [2.45, 2.75) is 26.7 Å². The van der Waals surface area contributed by atoms with E-state index in [0.717, 1.165) is 29.9 Å². The monoisotopic (exact) mass is 319 g/mol. The van der Waals surface area contributed by atoms with E-state index in [0.29, 0.717) is 5.56 Å². The van der Waals surface area contributed by atoms with Crippen LogP contribution in [-0.4, -0.2) is 15.7 Å². The number of aryl methyl sites for hydroxylation is 1. The number of hydrogen-bond donors (Lipinski definition) is 1. The SMILES string of the molecule is CCCc1ccc(NC(=O)c2cnn(-c3ccccc3)c2C)cc1. The van der Waals surface area contributed by atoms with E-state index in [-0.39, 0.29) is 5.91 Å². The second kappa shape index (κ2) is 7.13. The number of anilines is 1. The topological polar surface area (TPSA) is 46.9 Å². The molecule has 2 aromatic carbocycles. The third-order valence-electron chi connectivity index (χ3n) is 4.01. The number of para-hydroxylation sites is 1. The fourth-order valence-electron chi connectivity index (χ4n) is 2.70. The lowest BCUT2D eigenvalue weighted by Gasteiger charge is -2.07. The number of rotatable bonds is 5. The van der Waals surface area contributed by atoms with Crippen molar-refractivity contribution in [3.63, 3.8) is 0 Å². The summed E-state index contributed by atoms with van der Waals surface area (Å²) in [5, 5.41) is 7.28. The van der Waals surface area contributed by atoms with Crippen molar-refractivity contribution >= 4 is 11.6 Å². The van der Waals surface area contributed by atoms with Crippen LogP contribution in [0.5, 0.6) is 0 Å². The molecule has 1 amide bonds. The number of nitrogens with zero attached hydrogens (tertiary/aromatic N) is 2. The van der Waals surface area contributed by atoms with Crippen LogP contribution in [0.2, 0.25) is 0 Å². The van der Waals surface area contributed by atoms with Crippen LogP contribution in [0.25, 0.3) is 5.69 Å². The molecule has 0 aliphatic carbocycles. The molecule has 1 N–H and O–H groups in total. The number of hydrogen-bond acceptors (Lipinski definition) is 2. The van der Waals surface area contributed by atoms with Crippen LogP contribution in [0, 0.1) is 6.92 Å². The molecule has 0 aliphatic heterocycles. The highest BCUT2D eigenvalue weighted by atomic mass is 16.1. The van der Waals surface area contributed by atoms with Gasteiger partial charge in [0, 0.05) is 5.69 Å². The van der Waals surface area contributed by atoms with Gasteiger partial charge < -0.3 is 5.32 Å². The number of carbonyl (C=O) groups is 1. The van der Waals surface area contributed by atoms with Crippen LogP contribution in [0.15, 0.2) is 60.8 Å². The Kier molecular flexibility index (Phi) is 4.75. The molecule has 0 bridgehead atoms. The maximum absolute atomic E-state index is 12.5. The summed E-state index contributed by atoms with van der Waals surface area (Å²) in [6, 6.07) is 17.8. The van der Waals surface area contributed by atoms with Gasteiger partial charge in [-0.2, -0.15) is 5.10 Å². The molecule has 3 rings (SSSR count). The van der Waals surface area contributed by atoms with Crippen molar-refractivity contribution in [1.29, 1.82) is 0 Å². The van der Waals surface area contributed by atoms with E-state index in [1.165, 1.54) is 5.56 Å². The third kappa shape index (κ3) is 3.38. The van der Waals surface area contributed by atoms with Gasteiger partial charge >= 0.3 is 0 Å². The Balaban J connectivity index is 1.77. The fraction of sp³-hybridized carbons (Fsp3) is 0.200. The van der Waals surface area contributed by atoms with Crippen molar-refractivity contribution in [1.82, 2.24) is 9.78 Å². The number of benzene rings is 2. The molecule has 0 aliphatic rings. The van der Waals surface area contributed by atoms with E-state index in [4.69, 9.17) is 0 Å². The van der Waals surface area contributed by atoms with E-state index in [9.17, 15) is 4.79 Å². The maximum Gasteiger partial charge on any atom is 0.259 e. The average molecular weight is 319 g/mol. The van der Waals surface area contributed by atoms with Gasteiger partial charge in [-0.1, -0.05) is 43.7 Å². The lowest BCUT2D eigenvalue weighted by Crippen LogP contribution is -2.13. The van der Waals surface area contributed by atoms with Gasteiger partial charge in [-0.15, -0.1) is 0 Å². The zero-order valence-electron chi connectivity index (χ0n) is 14.0. The predicted octanol–water partition coefficient (Wildman–Crippen LogP) is 4.39. The highest BCUT2D eigenvalue weighted by molar-refractivity contribution is 6.04. The Morgan fingerprint density at radius 3 is 2.46 bits per heavy atom. The van der Waals surface area contributed by atoms with Crippen LogP contribution in [0.3, 0.4) is 0 Å². The molecule has 0 radical (unpaired) electrons. The minimum atomic E-state index is -0.141. The smallest absolute Gasteiger partial charge is 0.259 e. The van der Waals surface area contributed by atoms with Gasteiger partial charge in [0.1, 0.15) is 0 Å². The van der Waals surface area contributed by atoms with Crippen LogP contribution < -0.4 is 5.32 Å². The molecule has 3 aromatic rings. The molecule has 0 saturated heterocycles. The highest BCUT2D eigenvalue weighted by Crippen LogP contribution is 2.17. The zero-order valence-corrected chi connectivity index (χ0v) is 14.0. The molecule has 0 unspecified atom stereocenters. The normalized spacial score (nSPS) is 10.6. The molecule has 0 spiro atoms. The maximum atomic E-state index is 12.5. The average Bonchev–Trinajstić information content (AvgIpc) is 2.99. The molecule has 1 aromatic heterocycles. The minimum Gasteiger partial charge on any atom is -0.322 e. The molecule has 0 fully saturated rings. The number of amides is 1. The van der Waals surface area contributed by atoms with Crippen molar-refractivity contribution < 1.29 is 4.79 Å². The summed E-state index contributed by atoms with van der Waals surface area (Å²) >= 11 is 0. The molecule has 0 saturated carbocycles. The first-order valence-electron chi connectivity index (χ1n) is 8.19.